The molecule has 4 nitrogen and oxygen atoms in total. The molecule has 2 rings (SSSR count). The second-order valence-corrected chi connectivity index (χ2v) is 4.48. The van der Waals surface area contributed by atoms with E-state index in [9.17, 15) is 4.79 Å². The van der Waals surface area contributed by atoms with Crippen LogP contribution in [0.25, 0.3) is 0 Å². The van der Waals surface area contributed by atoms with Crippen molar-refractivity contribution in [3.8, 4) is 0 Å². The predicted molar refractivity (Wildman–Crippen MR) is 61.6 cm³/mol. The third-order valence-electron chi connectivity index (χ3n) is 3.23. The first kappa shape index (κ1) is 11.2. The fourth-order valence-corrected chi connectivity index (χ4v) is 2.25. The molecular formula is C12H19N3O. The van der Waals surface area contributed by atoms with Crippen LogP contribution in [0.3, 0.4) is 0 Å². The normalized spacial score (nSPS) is 18.0. The van der Waals surface area contributed by atoms with Crippen molar-refractivity contribution in [1.82, 2.24) is 15.3 Å². The molecule has 0 radical (unpaired) electrons. The van der Waals surface area contributed by atoms with E-state index in [1.165, 1.54) is 25.7 Å². The first-order valence-electron chi connectivity index (χ1n) is 6.11. The Morgan fingerprint density at radius 3 is 2.75 bits per heavy atom. The summed E-state index contributed by atoms with van der Waals surface area (Å²) in [4.78, 5) is 18.8. The minimum Gasteiger partial charge on any atom is -0.350 e. The minimum absolute atomic E-state index is 0.205. The highest BCUT2D eigenvalue weighted by Gasteiger charge is 2.19. The average molecular weight is 221 g/mol. The van der Waals surface area contributed by atoms with Gasteiger partial charge in [-0.3, -0.25) is 4.79 Å². The molecule has 0 saturated heterocycles. The maximum atomic E-state index is 11.9. The molecular weight excluding hydrogens is 202 g/mol. The van der Waals surface area contributed by atoms with Gasteiger partial charge in [0.1, 0.15) is 0 Å². The van der Waals surface area contributed by atoms with Crippen LogP contribution in [-0.4, -0.2) is 15.9 Å². The summed E-state index contributed by atoms with van der Waals surface area (Å²) < 4.78 is 0. The number of carbonyl (C=O) groups is 1. The Labute approximate surface area is 95.9 Å². The van der Waals surface area contributed by atoms with Crippen LogP contribution < -0.4 is 5.32 Å². The van der Waals surface area contributed by atoms with Crippen LogP contribution in [0, 0.1) is 5.92 Å². The van der Waals surface area contributed by atoms with Crippen LogP contribution in [0.1, 0.15) is 44.2 Å². The summed E-state index contributed by atoms with van der Waals surface area (Å²) in [5.41, 5.74) is 0.960. The Hall–Kier alpha value is -1.32. The Morgan fingerprint density at radius 2 is 2.12 bits per heavy atom. The third kappa shape index (κ3) is 3.08. The number of hydrogen-bond donors (Lipinski definition) is 2. The highest BCUT2D eigenvalue weighted by molar-refractivity contribution is 5.78. The van der Waals surface area contributed by atoms with Crippen LogP contribution in [0.4, 0.5) is 0 Å². The third-order valence-corrected chi connectivity index (χ3v) is 3.23. The van der Waals surface area contributed by atoms with Gasteiger partial charge in [-0.25, -0.2) is 4.98 Å². The number of aromatic nitrogens is 2. The van der Waals surface area contributed by atoms with Crippen LogP contribution in [0.15, 0.2) is 12.5 Å². The molecule has 88 valence electrons. The molecule has 0 aliphatic heterocycles. The lowest BCUT2D eigenvalue weighted by Gasteiger charge is -2.13. The van der Waals surface area contributed by atoms with E-state index in [-0.39, 0.29) is 11.8 Å². The lowest BCUT2D eigenvalue weighted by atomic mass is 9.99. The Balaban J connectivity index is 1.78. The Morgan fingerprint density at radius 1 is 1.38 bits per heavy atom. The molecule has 1 aromatic rings. The van der Waals surface area contributed by atoms with Crippen molar-refractivity contribution in [3.05, 3.63) is 18.2 Å². The molecule has 0 atom stereocenters. The van der Waals surface area contributed by atoms with Crippen LogP contribution in [0.2, 0.25) is 0 Å². The summed E-state index contributed by atoms with van der Waals surface area (Å²) in [6.45, 7) is 0.565. The second-order valence-electron chi connectivity index (χ2n) is 4.48. The molecule has 1 aliphatic carbocycles. The van der Waals surface area contributed by atoms with Gasteiger partial charge in [-0.05, 0) is 12.8 Å². The number of carbonyl (C=O) groups excluding carboxylic acids is 1. The summed E-state index contributed by atoms with van der Waals surface area (Å²) in [5.74, 6) is 0.432. The van der Waals surface area contributed by atoms with Crippen molar-refractivity contribution < 1.29 is 4.79 Å². The van der Waals surface area contributed by atoms with E-state index in [1.54, 1.807) is 12.5 Å². The number of hydrogen-bond acceptors (Lipinski definition) is 2. The largest absolute Gasteiger partial charge is 0.350 e. The zero-order valence-electron chi connectivity index (χ0n) is 9.54. The standard InChI is InChI=1S/C12H19N3O/c16-12(10-5-3-1-2-4-6-10)14-8-11-7-13-9-15-11/h7,9-10H,1-6,8H2,(H,13,15)(H,14,16). The van der Waals surface area contributed by atoms with Crippen LogP contribution >= 0.6 is 0 Å². The first-order valence-corrected chi connectivity index (χ1v) is 6.11. The van der Waals surface area contributed by atoms with Gasteiger partial charge in [0.15, 0.2) is 0 Å². The highest BCUT2D eigenvalue weighted by atomic mass is 16.1. The second kappa shape index (κ2) is 5.68. The van der Waals surface area contributed by atoms with E-state index in [4.69, 9.17) is 0 Å². The molecule has 0 unspecified atom stereocenters. The summed E-state index contributed by atoms with van der Waals surface area (Å²) in [6, 6.07) is 0. The molecule has 1 aliphatic rings. The molecule has 16 heavy (non-hydrogen) atoms. The fraction of sp³-hybridized carbons (Fsp3) is 0.667. The van der Waals surface area contributed by atoms with Gasteiger partial charge in [0.25, 0.3) is 0 Å². The monoisotopic (exact) mass is 221 g/mol. The van der Waals surface area contributed by atoms with Crippen LogP contribution in [0.5, 0.6) is 0 Å². The maximum absolute atomic E-state index is 11.9. The molecule has 0 spiro atoms. The van der Waals surface area contributed by atoms with Crippen molar-refractivity contribution in [2.24, 2.45) is 5.92 Å². The lowest BCUT2D eigenvalue weighted by molar-refractivity contribution is -0.125. The Bertz CT molecular complexity index is 313. The van der Waals surface area contributed by atoms with E-state index >= 15 is 0 Å². The number of aromatic amines is 1. The molecule has 1 fully saturated rings. The van der Waals surface area contributed by atoms with Crippen molar-refractivity contribution >= 4 is 5.91 Å². The van der Waals surface area contributed by atoms with E-state index in [0.717, 1.165) is 18.5 Å². The fourth-order valence-electron chi connectivity index (χ4n) is 2.25. The Kier molecular flexibility index (Phi) is 3.97. The van der Waals surface area contributed by atoms with E-state index in [1.807, 2.05) is 0 Å². The smallest absolute Gasteiger partial charge is 0.223 e. The molecule has 1 amide bonds. The SMILES string of the molecule is O=C(NCc1cnc[nH]1)C1CCCCCC1. The molecule has 0 bridgehead atoms. The number of rotatable bonds is 3. The summed E-state index contributed by atoms with van der Waals surface area (Å²) in [5, 5.41) is 2.97. The average Bonchev–Trinajstić information content (AvgIpc) is 2.66. The molecule has 2 N–H and O–H groups in total. The predicted octanol–water partition coefficient (Wildman–Crippen LogP) is 2.00. The molecule has 1 heterocycles. The zero-order valence-corrected chi connectivity index (χ0v) is 9.54. The maximum Gasteiger partial charge on any atom is 0.223 e. The number of nitrogens with one attached hydrogen (secondary N) is 2. The van der Waals surface area contributed by atoms with Crippen LogP contribution in [-0.2, 0) is 11.3 Å². The molecule has 1 aromatic heterocycles. The van der Waals surface area contributed by atoms with E-state index in [0.29, 0.717) is 6.54 Å². The van der Waals surface area contributed by atoms with Crippen molar-refractivity contribution in [2.45, 2.75) is 45.1 Å². The van der Waals surface area contributed by atoms with Gasteiger partial charge < -0.3 is 10.3 Å². The summed E-state index contributed by atoms with van der Waals surface area (Å²) in [7, 11) is 0. The van der Waals surface area contributed by atoms with E-state index < -0.39 is 0 Å². The van der Waals surface area contributed by atoms with Gasteiger partial charge in [-0.1, -0.05) is 25.7 Å². The van der Waals surface area contributed by atoms with Crippen molar-refractivity contribution in [1.29, 1.82) is 0 Å². The van der Waals surface area contributed by atoms with Gasteiger partial charge in [0.2, 0.25) is 5.91 Å². The van der Waals surface area contributed by atoms with Gasteiger partial charge >= 0.3 is 0 Å². The van der Waals surface area contributed by atoms with E-state index in [2.05, 4.69) is 15.3 Å². The molecule has 1 saturated carbocycles. The number of amides is 1. The van der Waals surface area contributed by atoms with Gasteiger partial charge in [-0.15, -0.1) is 0 Å². The quantitative estimate of drug-likeness (QED) is 0.767. The van der Waals surface area contributed by atoms with Gasteiger partial charge in [-0.2, -0.15) is 0 Å². The summed E-state index contributed by atoms with van der Waals surface area (Å²) >= 11 is 0. The highest BCUT2D eigenvalue weighted by Crippen LogP contribution is 2.22. The number of imidazole rings is 1. The molecule has 0 aromatic carbocycles. The minimum atomic E-state index is 0.205. The zero-order chi connectivity index (χ0) is 11.2. The van der Waals surface area contributed by atoms with Gasteiger partial charge in [0, 0.05) is 12.1 Å². The summed E-state index contributed by atoms with van der Waals surface area (Å²) in [6.07, 6.45) is 10.4. The first-order chi connectivity index (χ1) is 7.86. The topological polar surface area (TPSA) is 57.8 Å². The number of H-pyrrole nitrogens is 1. The van der Waals surface area contributed by atoms with Gasteiger partial charge in [0.05, 0.1) is 18.6 Å². The lowest BCUT2D eigenvalue weighted by Crippen LogP contribution is -2.30. The van der Waals surface area contributed by atoms with Crippen molar-refractivity contribution in [2.75, 3.05) is 0 Å². The number of nitrogens with zero attached hydrogens (tertiary/aromatic N) is 1. The molecule has 4 heteroatoms. The van der Waals surface area contributed by atoms with Crippen molar-refractivity contribution in [3.63, 3.8) is 0 Å².